The molecule has 2 rings (SSSR count). The van der Waals surface area contributed by atoms with E-state index < -0.39 is 8.25 Å². The molecule has 1 fully saturated rings. The number of benzene rings is 1. The first-order chi connectivity index (χ1) is 8.50. The van der Waals surface area contributed by atoms with Gasteiger partial charge in [0.05, 0.1) is 0 Å². The monoisotopic (exact) mass is 361 g/mol. The molecule has 0 spiro atoms. The van der Waals surface area contributed by atoms with E-state index in [1.54, 1.807) is 0 Å². The van der Waals surface area contributed by atoms with Crippen LogP contribution < -0.4 is 112 Å². The molecule has 0 saturated heterocycles. The van der Waals surface area contributed by atoms with Crippen molar-refractivity contribution in [2.75, 3.05) is 0 Å². The van der Waals surface area contributed by atoms with E-state index >= 15 is 0 Å². The fourth-order valence-electron chi connectivity index (χ4n) is 2.42. The van der Waals surface area contributed by atoms with Crippen LogP contribution in [0.3, 0.4) is 0 Å². The van der Waals surface area contributed by atoms with Crippen LogP contribution in [0.2, 0.25) is 0 Å². The second-order valence-corrected chi connectivity index (χ2v) is 5.99. The Kier molecular flexibility index (Phi) is 14.4. The van der Waals surface area contributed by atoms with Crippen LogP contribution in [-0.2, 0) is 4.57 Å². The minimum atomic E-state index is -2.86. The largest absolute Gasteiger partial charge is 1.00 e. The van der Waals surface area contributed by atoms with E-state index in [4.69, 9.17) is 4.52 Å². The minimum absolute atomic E-state index is 0. The molecule has 7 heteroatoms. The van der Waals surface area contributed by atoms with Crippen molar-refractivity contribution in [3.63, 3.8) is 0 Å². The second-order valence-electron chi connectivity index (χ2n) is 5.36. The van der Waals surface area contributed by atoms with Gasteiger partial charge >= 0.3 is 111 Å². The Balaban J connectivity index is 0. The molecule has 0 bridgehead atoms. The summed E-state index contributed by atoms with van der Waals surface area (Å²) in [6.45, 7) is 6.25. The van der Waals surface area contributed by atoms with E-state index in [9.17, 15) is 9.46 Å². The summed E-state index contributed by atoms with van der Waals surface area (Å²) in [4.78, 5) is 10.9. The molecule has 0 amide bonds. The summed E-state index contributed by atoms with van der Waals surface area (Å²) in [6.07, 6.45) is 2.46. The smallest absolute Gasteiger partial charge is 0.870 e. The molecule has 1 unspecified atom stereocenters. The van der Waals surface area contributed by atoms with E-state index in [0.717, 1.165) is 11.1 Å². The minimum Gasteiger partial charge on any atom is -0.870 e. The third-order valence-electron chi connectivity index (χ3n) is 3.68. The Labute approximate surface area is 212 Å². The summed E-state index contributed by atoms with van der Waals surface area (Å²) in [5, 5.41) is 0. The second kappa shape index (κ2) is 11.8. The summed E-state index contributed by atoms with van der Waals surface area (Å²) in [7, 11) is -2.86. The summed E-state index contributed by atoms with van der Waals surface area (Å²) in [5.41, 5.74) is 2.00. The zero-order valence-electron chi connectivity index (χ0n) is 13.5. The van der Waals surface area contributed by atoms with Crippen LogP contribution in [0, 0.1) is 5.92 Å². The Bertz CT molecular complexity index is 464. The zero-order valence-corrected chi connectivity index (χ0v) is 20.6. The average Bonchev–Trinajstić information content (AvgIpc) is 3.11. The number of rotatable bonds is 5. The van der Waals surface area contributed by atoms with E-state index in [2.05, 4.69) is 6.92 Å². The molecule has 1 saturated carbocycles. The molecular formula is C14H20K2O4P+. The van der Waals surface area contributed by atoms with Crippen LogP contribution in [0.25, 0.3) is 0 Å². The molecule has 106 valence electrons. The number of hydrogen-bond acceptors (Lipinski definition) is 4. The molecule has 1 aliphatic carbocycles. The van der Waals surface area contributed by atoms with E-state index in [1.807, 2.05) is 32.0 Å². The molecule has 1 aromatic carbocycles. The normalized spacial score (nSPS) is 15.2. The molecule has 0 radical (unpaired) electrons. The van der Waals surface area contributed by atoms with E-state index in [1.165, 1.54) is 12.8 Å². The van der Waals surface area contributed by atoms with Crippen molar-refractivity contribution in [2.24, 2.45) is 5.92 Å². The van der Waals surface area contributed by atoms with Gasteiger partial charge in [-0.2, -0.15) is 0 Å². The summed E-state index contributed by atoms with van der Waals surface area (Å²) < 4.78 is 16.0. The van der Waals surface area contributed by atoms with Gasteiger partial charge in [-0.1, -0.05) is 39.0 Å². The summed E-state index contributed by atoms with van der Waals surface area (Å²) in [6, 6.07) is 5.93. The summed E-state index contributed by atoms with van der Waals surface area (Å²) in [5.74, 6) is 1.86. The van der Waals surface area contributed by atoms with Gasteiger partial charge in [-0.3, -0.25) is 4.52 Å². The van der Waals surface area contributed by atoms with Gasteiger partial charge in [-0.25, -0.2) is 0 Å². The van der Waals surface area contributed by atoms with Gasteiger partial charge in [-0.15, -0.1) is 0 Å². The fraction of sp³-hybridized carbons (Fsp3) is 0.571. The van der Waals surface area contributed by atoms with Gasteiger partial charge in [0.25, 0.3) is 0 Å². The zero-order chi connectivity index (χ0) is 13.3. The van der Waals surface area contributed by atoms with Gasteiger partial charge < -0.3 is 10.4 Å². The quantitative estimate of drug-likeness (QED) is 0.431. The first-order valence-corrected chi connectivity index (χ1v) is 7.55. The van der Waals surface area contributed by atoms with Crippen molar-refractivity contribution in [2.45, 2.75) is 45.4 Å². The molecule has 0 aliphatic heterocycles. The molecule has 2 atom stereocenters. The Morgan fingerprint density at radius 2 is 1.71 bits per heavy atom. The number of para-hydroxylation sites is 1. The molecular weight excluding hydrogens is 341 g/mol. The van der Waals surface area contributed by atoms with Gasteiger partial charge in [0.2, 0.25) is 0 Å². The maximum atomic E-state index is 10.9. The van der Waals surface area contributed by atoms with Crippen molar-refractivity contribution in [3.8, 4) is 5.75 Å². The molecule has 1 N–H and O–H groups in total. The first kappa shape index (κ1) is 25.6. The third kappa shape index (κ3) is 7.38. The number of hydrogen-bond donors (Lipinski definition) is 0. The van der Waals surface area contributed by atoms with Crippen molar-refractivity contribution < 1.29 is 122 Å². The maximum absolute atomic E-state index is 10.9. The predicted octanol–water partition coefficient (Wildman–Crippen LogP) is -2.45. The van der Waals surface area contributed by atoms with Crippen LogP contribution >= 0.6 is 8.25 Å². The predicted molar refractivity (Wildman–Crippen MR) is 71.8 cm³/mol. The van der Waals surface area contributed by atoms with Crippen molar-refractivity contribution in [1.29, 1.82) is 0 Å². The molecule has 4 nitrogen and oxygen atoms in total. The third-order valence-corrected chi connectivity index (χ3v) is 4.02. The van der Waals surface area contributed by atoms with Crippen LogP contribution in [0.5, 0.6) is 5.75 Å². The summed E-state index contributed by atoms with van der Waals surface area (Å²) >= 11 is 0. The molecule has 21 heavy (non-hydrogen) atoms. The van der Waals surface area contributed by atoms with E-state index in [-0.39, 0.29) is 114 Å². The molecule has 1 aliphatic rings. The molecule has 0 aromatic heterocycles. The van der Waals surface area contributed by atoms with Gasteiger partial charge in [0.1, 0.15) is 0 Å². The van der Waals surface area contributed by atoms with E-state index in [0.29, 0.717) is 17.6 Å². The first-order valence-electron chi connectivity index (χ1n) is 6.46. The van der Waals surface area contributed by atoms with Crippen LogP contribution in [0.15, 0.2) is 18.2 Å². The average molecular weight is 361 g/mol. The molecule has 1 aromatic rings. The van der Waals surface area contributed by atoms with Crippen LogP contribution in [0.1, 0.15) is 56.6 Å². The SMILES string of the molecule is CC(C)c1cccc([C@H](C)C2CC2)c1O[P+](=O)[O-].[K+].[K+].[OH-]. The van der Waals surface area contributed by atoms with Crippen LogP contribution in [0.4, 0.5) is 0 Å². The van der Waals surface area contributed by atoms with Gasteiger partial charge in [0.15, 0.2) is 5.75 Å². The topological polar surface area (TPSA) is 79.4 Å². The Morgan fingerprint density at radius 3 is 2.14 bits per heavy atom. The van der Waals surface area contributed by atoms with Crippen molar-refractivity contribution in [3.05, 3.63) is 29.3 Å². The molecule has 0 heterocycles. The standard InChI is InChI=1S/C14H19O3P.2K.H2O/c1-9(2)12-5-4-6-13(10(3)11-7-8-11)14(12)17-18(15)16;;;/h4-6,9-11H,7-8H2,1-3H3;;;1H2/q;2*+1;/p-1/t10-;;;/m1.../s1. The van der Waals surface area contributed by atoms with Crippen molar-refractivity contribution in [1.82, 2.24) is 0 Å². The van der Waals surface area contributed by atoms with Gasteiger partial charge in [0, 0.05) is 11.1 Å². The Hall–Kier alpha value is 2.31. The van der Waals surface area contributed by atoms with Crippen LogP contribution in [-0.4, -0.2) is 5.48 Å². The van der Waals surface area contributed by atoms with Gasteiger partial charge in [-0.05, 0) is 35.2 Å². The maximum Gasteiger partial charge on any atom is 1.00 e. The fourth-order valence-corrected chi connectivity index (χ4v) is 2.78. The van der Waals surface area contributed by atoms with Crippen molar-refractivity contribution >= 4 is 8.25 Å². The Morgan fingerprint density at radius 1 is 1.19 bits per heavy atom.